The Morgan fingerprint density at radius 3 is 2.56 bits per heavy atom. The molecule has 0 bridgehead atoms. The van der Waals surface area contributed by atoms with Crippen LogP contribution in [0.15, 0.2) is 24.4 Å². The molecule has 27 heavy (non-hydrogen) atoms. The van der Waals surface area contributed by atoms with E-state index in [4.69, 9.17) is 0 Å². The molecule has 4 rings (SSSR count). The predicted molar refractivity (Wildman–Crippen MR) is 98.6 cm³/mol. The monoisotopic (exact) mass is 366 g/mol. The van der Waals surface area contributed by atoms with E-state index in [9.17, 15) is 9.59 Å². The van der Waals surface area contributed by atoms with Crippen LogP contribution in [0, 0.1) is 19.8 Å². The van der Waals surface area contributed by atoms with Gasteiger partial charge < -0.3 is 4.90 Å². The molecule has 3 aromatic heterocycles. The first-order valence-corrected chi connectivity index (χ1v) is 9.09. The molecule has 0 aliphatic carbocycles. The molecule has 0 spiro atoms. The van der Waals surface area contributed by atoms with Crippen LogP contribution in [0.4, 0.5) is 0 Å². The van der Waals surface area contributed by atoms with Crippen molar-refractivity contribution in [1.82, 2.24) is 29.3 Å². The summed E-state index contributed by atoms with van der Waals surface area (Å²) in [5.74, 6) is -0.0776. The zero-order valence-electron chi connectivity index (χ0n) is 15.7. The lowest BCUT2D eigenvalue weighted by molar-refractivity contribution is 0.0642. The van der Waals surface area contributed by atoms with Gasteiger partial charge in [0.25, 0.3) is 5.91 Å². The van der Waals surface area contributed by atoms with E-state index in [1.807, 2.05) is 19.9 Å². The van der Waals surface area contributed by atoms with Crippen molar-refractivity contribution in [2.24, 2.45) is 13.0 Å². The van der Waals surface area contributed by atoms with Gasteiger partial charge >= 0.3 is 0 Å². The Labute approximate surface area is 156 Å². The zero-order valence-corrected chi connectivity index (χ0v) is 15.7. The fraction of sp³-hybridized carbons (Fsp3) is 0.421. The molecule has 1 aliphatic rings. The third kappa shape index (κ3) is 3.11. The molecule has 8 nitrogen and oxygen atoms in total. The standard InChI is InChI=1S/C19H22N6O2/c1-12-10-13(2)25-17(21-12)11-15(22-25)19(27)24-8-5-14(6-9-24)18(26)16-4-7-20-23(16)3/h4,7,10-11,14H,5-6,8-9H2,1-3H3. The van der Waals surface area contributed by atoms with Crippen LogP contribution in [0.2, 0.25) is 0 Å². The number of nitrogens with zero attached hydrogens (tertiary/aromatic N) is 6. The summed E-state index contributed by atoms with van der Waals surface area (Å²) in [6, 6.07) is 5.41. The van der Waals surface area contributed by atoms with Crippen LogP contribution in [-0.2, 0) is 7.05 Å². The number of aromatic nitrogens is 5. The van der Waals surface area contributed by atoms with Crippen molar-refractivity contribution >= 4 is 17.3 Å². The molecule has 4 heterocycles. The van der Waals surface area contributed by atoms with E-state index in [0.717, 1.165) is 11.4 Å². The van der Waals surface area contributed by atoms with Crippen molar-refractivity contribution < 1.29 is 9.59 Å². The van der Waals surface area contributed by atoms with Crippen molar-refractivity contribution in [1.29, 1.82) is 0 Å². The summed E-state index contributed by atoms with van der Waals surface area (Å²) in [4.78, 5) is 31.7. The average Bonchev–Trinajstić information content (AvgIpc) is 3.27. The zero-order chi connectivity index (χ0) is 19.1. The summed E-state index contributed by atoms with van der Waals surface area (Å²) in [6.45, 7) is 4.96. The van der Waals surface area contributed by atoms with Crippen molar-refractivity contribution in [3.63, 3.8) is 0 Å². The maximum absolute atomic E-state index is 12.8. The molecule has 0 N–H and O–H groups in total. The Bertz CT molecular complexity index is 1030. The molecule has 0 aromatic carbocycles. The van der Waals surface area contributed by atoms with Crippen LogP contribution < -0.4 is 0 Å². The Balaban J connectivity index is 1.47. The first kappa shape index (κ1) is 17.4. The quantitative estimate of drug-likeness (QED) is 0.660. The highest BCUT2D eigenvalue weighted by Gasteiger charge is 2.30. The number of hydrogen-bond acceptors (Lipinski definition) is 5. The lowest BCUT2D eigenvalue weighted by Gasteiger charge is -2.30. The van der Waals surface area contributed by atoms with Crippen molar-refractivity contribution in [3.8, 4) is 0 Å². The summed E-state index contributed by atoms with van der Waals surface area (Å²) in [7, 11) is 1.77. The number of aryl methyl sites for hydroxylation is 3. The number of fused-ring (bicyclic) bond motifs is 1. The minimum Gasteiger partial charge on any atom is -0.337 e. The highest BCUT2D eigenvalue weighted by molar-refractivity contribution is 5.97. The molecule has 0 atom stereocenters. The van der Waals surface area contributed by atoms with E-state index in [1.165, 1.54) is 0 Å². The molecule has 1 saturated heterocycles. The molecular formula is C19H22N6O2. The first-order chi connectivity index (χ1) is 12.9. The van der Waals surface area contributed by atoms with Gasteiger partial charge in [0.1, 0.15) is 5.69 Å². The maximum atomic E-state index is 12.8. The lowest BCUT2D eigenvalue weighted by Crippen LogP contribution is -2.40. The largest absolute Gasteiger partial charge is 0.337 e. The third-order valence-electron chi connectivity index (χ3n) is 5.18. The normalized spacial score (nSPS) is 15.4. The molecular weight excluding hydrogens is 344 g/mol. The van der Waals surface area contributed by atoms with Gasteiger partial charge in [-0.05, 0) is 38.8 Å². The van der Waals surface area contributed by atoms with Crippen molar-refractivity contribution in [2.75, 3.05) is 13.1 Å². The predicted octanol–water partition coefficient (Wildman–Crippen LogP) is 1.81. The van der Waals surface area contributed by atoms with Crippen LogP contribution in [0.5, 0.6) is 0 Å². The van der Waals surface area contributed by atoms with Gasteiger partial charge in [0.15, 0.2) is 17.1 Å². The molecule has 3 aromatic rings. The van der Waals surface area contributed by atoms with Crippen molar-refractivity contribution in [2.45, 2.75) is 26.7 Å². The van der Waals surface area contributed by atoms with E-state index in [2.05, 4.69) is 15.2 Å². The molecule has 8 heteroatoms. The van der Waals surface area contributed by atoms with Gasteiger partial charge in [0.2, 0.25) is 0 Å². The van der Waals surface area contributed by atoms with Gasteiger partial charge in [-0.3, -0.25) is 14.3 Å². The number of likely N-dealkylation sites (tertiary alicyclic amines) is 1. The number of carbonyl (C=O) groups is 2. The highest BCUT2D eigenvalue weighted by Crippen LogP contribution is 2.23. The van der Waals surface area contributed by atoms with E-state index in [0.29, 0.717) is 43.0 Å². The minimum absolute atomic E-state index is 0.0721. The van der Waals surface area contributed by atoms with Gasteiger partial charge in [0.05, 0.1) is 0 Å². The number of Topliss-reactive ketones (excluding diaryl/α,β-unsaturated/α-hetero) is 1. The number of hydrogen-bond donors (Lipinski definition) is 0. The number of rotatable bonds is 3. The SMILES string of the molecule is Cc1cc(C)n2nc(C(=O)N3CCC(C(=O)c4ccnn4C)CC3)cc2n1. The average molecular weight is 366 g/mol. The molecule has 0 saturated carbocycles. The summed E-state index contributed by atoms with van der Waals surface area (Å²) in [5.41, 5.74) is 3.53. The number of piperidine rings is 1. The van der Waals surface area contributed by atoms with Crippen LogP contribution in [0.25, 0.3) is 5.65 Å². The lowest BCUT2D eigenvalue weighted by atomic mass is 9.91. The fourth-order valence-electron chi connectivity index (χ4n) is 3.72. The topological polar surface area (TPSA) is 85.4 Å². The van der Waals surface area contributed by atoms with Gasteiger partial charge in [-0.2, -0.15) is 10.2 Å². The maximum Gasteiger partial charge on any atom is 0.274 e. The molecule has 0 unspecified atom stereocenters. The minimum atomic E-state index is -0.107. The Morgan fingerprint density at radius 1 is 1.15 bits per heavy atom. The molecule has 1 fully saturated rings. The summed E-state index contributed by atoms with van der Waals surface area (Å²) >= 11 is 0. The van der Waals surface area contributed by atoms with E-state index in [1.54, 1.807) is 39.5 Å². The number of ketones is 1. The second kappa shape index (κ2) is 6.61. The van der Waals surface area contributed by atoms with Crippen LogP contribution in [0.3, 0.4) is 0 Å². The van der Waals surface area contributed by atoms with E-state index in [-0.39, 0.29) is 17.6 Å². The Hall–Kier alpha value is -3.03. The van der Waals surface area contributed by atoms with Crippen LogP contribution in [0.1, 0.15) is 45.2 Å². The van der Waals surface area contributed by atoms with Crippen LogP contribution in [-0.4, -0.2) is 54.1 Å². The van der Waals surface area contributed by atoms with Crippen molar-refractivity contribution in [3.05, 3.63) is 47.2 Å². The summed E-state index contributed by atoms with van der Waals surface area (Å²) < 4.78 is 3.30. The number of carbonyl (C=O) groups excluding carboxylic acids is 2. The van der Waals surface area contributed by atoms with Gasteiger partial charge in [-0.15, -0.1) is 0 Å². The van der Waals surface area contributed by atoms with Crippen LogP contribution >= 0.6 is 0 Å². The first-order valence-electron chi connectivity index (χ1n) is 9.09. The van der Waals surface area contributed by atoms with E-state index < -0.39 is 0 Å². The third-order valence-corrected chi connectivity index (χ3v) is 5.18. The van der Waals surface area contributed by atoms with Gasteiger partial charge in [0, 0.05) is 49.7 Å². The molecule has 140 valence electrons. The molecule has 0 radical (unpaired) electrons. The summed E-state index contributed by atoms with van der Waals surface area (Å²) in [6.07, 6.45) is 2.94. The van der Waals surface area contributed by atoms with Gasteiger partial charge in [-0.1, -0.05) is 0 Å². The smallest absolute Gasteiger partial charge is 0.274 e. The van der Waals surface area contributed by atoms with Gasteiger partial charge in [-0.25, -0.2) is 9.50 Å². The second-order valence-electron chi connectivity index (χ2n) is 7.11. The fourth-order valence-corrected chi connectivity index (χ4v) is 3.72. The highest BCUT2D eigenvalue weighted by atomic mass is 16.2. The Kier molecular flexibility index (Phi) is 4.25. The molecule has 1 aliphatic heterocycles. The molecule has 1 amide bonds. The number of amides is 1. The second-order valence-corrected chi connectivity index (χ2v) is 7.11. The van der Waals surface area contributed by atoms with E-state index >= 15 is 0 Å². The summed E-state index contributed by atoms with van der Waals surface area (Å²) in [5, 5.41) is 8.48. The Morgan fingerprint density at radius 2 is 1.89 bits per heavy atom.